The molecule has 0 aliphatic rings. The molecule has 7 heteroatoms. The maximum absolute atomic E-state index is 11.7. The fourth-order valence-electron chi connectivity index (χ4n) is 3.11. The summed E-state index contributed by atoms with van der Waals surface area (Å²) in [7, 11) is 0. The minimum atomic E-state index is 0.0181. The molecule has 4 aromatic rings. The van der Waals surface area contributed by atoms with Gasteiger partial charge in [0.25, 0.3) is 0 Å². The Morgan fingerprint density at radius 3 is 2.85 bits per heavy atom. The number of nitrogen functional groups attached to an aromatic ring is 1. The van der Waals surface area contributed by atoms with Crippen molar-refractivity contribution in [2.75, 3.05) is 12.3 Å². The van der Waals surface area contributed by atoms with E-state index in [4.69, 9.17) is 10.7 Å². The lowest BCUT2D eigenvalue weighted by atomic mass is 10.1. The van der Waals surface area contributed by atoms with Gasteiger partial charge in [-0.05, 0) is 36.1 Å². The van der Waals surface area contributed by atoms with Gasteiger partial charge in [0.15, 0.2) is 0 Å². The largest absolute Gasteiger partial charge is 0.382 e. The number of H-pyrrole nitrogens is 1. The van der Waals surface area contributed by atoms with Gasteiger partial charge >= 0.3 is 0 Å². The van der Waals surface area contributed by atoms with Crippen LogP contribution in [-0.4, -0.2) is 32.3 Å². The lowest BCUT2D eigenvalue weighted by Crippen LogP contribution is -2.28. The van der Waals surface area contributed by atoms with Gasteiger partial charge < -0.3 is 15.6 Å². The summed E-state index contributed by atoms with van der Waals surface area (Å²) in [6.45, 7) is 4.56. The molecule has 0 radical (unpaired) electrons. The summed E-state index contributed by atoms with van der Waals surface area (Å²) in [6.07, 6.45) is 0. The topological polar surface area (TPSA) is 87.9 Å². The van der Waals surface area contributed by atoms with Gasteiger partial charge in [-0.25, -0.2) is 9.97 Å². The van der Waals surface area contributed by atoms with E-state index in [-0.39, 0.29) is 5.91 Å². The fraction of sp³-hybridized carbons (Fsp3) is 0.211. The molecule has 3 N–H and O–H groups in total. The SMILES string of the molecule is CCN(Cc1nc2c([nH]1)c(N)nc1cc(-c3cccs3)ccc12)C(C)=O. The smallest absolute Gasteiger partial charge is 0.219 e. The van der Waals surface area contributed by atoms with E-state index in [1.165, 1.54) is 4.88 Å². The van der Waals surface area contributed by atoms with Crippen molar-refractivity contribution in [2.24, 2.45) is 0 Å². The van der Waals surface area contributed by atoms with Crippen molar-refractivity contribution >= 4 is 45.0 Å². The third-order valence-corrected chi connectivity index (χ3v) is 5.40. The van der Waals surface area contributed by atoms with Crippen molar-refractivity contribution in [3.63, 3.8) is 0 Å². The standard InChI is InChI=1S/C19H19N5OS/c1-3-24(11(2)25)10-16-22-17-13-7-6-12(15-5-4-8-26-15)9-14(13)21-19(20)18(17)23-16/h4-9H,3,10H2,1-2H3,(H2,20,21)(H,22,23). The number of anilines is 1. The Kier molecular flexibility index (Phi) is 4.08. The van der Waals surface area contributed by atoms with Gasteiger partial charge in [-0.2, -0.15) is 0 Å². The van der Waals surface area contributed by atoms with Gasteiger partial charge in [0.2, 0.25) is 5.91 Å². The summed E-state index contributed by atoms with van der Waals surface area (Å²) in [5, 5.41) is 3.00. The number of pyridine rings is 1. The molecule has 6 nitrogen and oxygen atoms in total. The molecule has 0 saturated heterocycles. The number of thiophene rings is 1. The van der Waals surface area contributed by atoms with Crippen LogP contribution in [-0.2, 0) is 11.3 Å². The highest BCUT2D eigenvalue weighted by molar-refractivity contribution is 7.13. The second-order valence-corrected chi connectivity index (χ2v) is 7.09. The summed E-state index contributed by atoms with van der Waals surface area (Å²) in [5.74, 6) is 1.14. The Morgan fingerprint density at radius 2 is 2.15 bits per heavy atom. The van der Waals surface area contributed by atoms with Crippen LogP contribution < -0.4 is 5.73 Å². The monoisotopic (exact) mass is 365 g/mol. The molecule has 0 bridgehead atoms. The number of aromatic amines is 1. The third-order valence-electron chi connectivity index (χ3n) is 4.48. The predicted octanol–water partition coefficient (Wildman–Crippen LogP) is 3.79. The van der Waals surface area contributed by atoms with Crippen molar-refractivity contribution in [2.45, 2.75) is 20.4 Å². The first-order valence-corrected chi connectivity index (χ1v) is 9.32. The minimum absolute atomic E-state index is 0.0181. The molecule has 0 aliphatic carbocycles. The summed E-state index contributed by atoms with van der Waals surface area (Å²) in [6, 6.07) is 10.3. The Balaban J connectivity index is 1.83. The molecular formula is C19H19N5OS. The van der Waals surface area contributed by atoms with E-state index in [2.05, 4.69) is 27.5 Å². The number of hydrogen-bond donors (Lipinski definition) is 2. The molecule has 0 saturated carbocycles. The third kappa shape index (κ3) is 2.80. The zero-order chi connectivity index (χ0) is 18.3. The molecule has 0 unspecified atom stereocenters. The summed E-state index contributed by atoms with van der Waals surface area (Å²) < 4.78 is 0. The zero-order valence-corrected chi connectivity index (χ0v) is 15.4. The van der Waals surface area contributed by atoms with E-state index < -0.39 is 0 Å². The Morgan fingerprint density at radius 1 is 1.31 bits per heavy atom. The van der Waals surface area contributed by atoms with Gasteiger partial charge in [0.1, 0.15) is 22.7 Å². The number of nitrogens with one attached hydrogen (secondary N) is 1. The number of hydrogen-bond acceptors (Lipinski definition) is 5. The van der Waals surface area contributed by atoms with Crippen LogP contribution in [0.3, 0.4) is 0 Å². The Labute approximate surface area is 154 Å². The first-order valence-electron chi connectivity index (χ1n) is 8.44. The maximum atomic E-state index is 11.7. The van der Waals surface area contributed by atoms with Crippen molar-refractivity contribution in [1.29, 1.82) is 0 Å². The van der Waals surface area contributed by atoms with Gasteiger partial charge in [-0.15, -0.1) is 11.3 Å². The van der Waals surface area contributed by atoms with Gasteiger partial charge in [0, 0.05) is 23.7 Å². The van der Waals surface area contributed by atoms with Crippen LogP contribution in [0.5, 0.6) is 0 Å². The number of nitrogens with zero attached hydrogens (tertiary/aromatic N) is 3. The van der Waals surface area contributed by atoms with Crippen LogP contribution in [0.1, 0.15) is 19.7 Å². The van der Waals surface area contributed by atoms with Crippen molar-refractivity contribution < 1.29 is 4.79 Å². The lowest BCUT2D eigenvalue weighted by Gasteiger charge is -2.16. The number of rotatable bonds is 4. The Bertz CT molecular complexity index is 1100. The average Bonchev–Trinajstić information content (AvgIpc) is 3.29. The molecule has 1 amide bonds. The van der Waals surface area contributed by atoms with Crippen LogP contribution >= 0.6 is 11.3 Å². The van der Waals surface area contributed by atoms with Gasteiger partial charge in [-0.1, -0.05) is 12.1 Å². The summed E-state index contributed by atoms with van der Waals surface area (Å²) in [5.41, 5.74) is 9.61. The number of carbonyl (C=O) groups excluding carboxylic acids is 1. The number of aromatic nitrogens is 3. The lowest BCUT2D eigenvalue weighted by molar-refractivity contribution is -0.129. The Hall–Kier alpha value is -2.93. The molecule has 0 spiro atoms. The number of imidazole rings is 1. The number of benzene rings is 1. The first kappa shape index (κ1) is 16.5. The highest BCUT2D eigenvalue weighted by Gasteiger charge is 2.15. The number of nitrogens with two attached hydrogens (primary N) is 1. The highest BCUT2D eigenvalue weighted by atomic mass is 32.1. The van der Waals surface area contributed by atoms with Gasteiger partial charge in [-0.3, -0.25) is 4.79 Å². The maximum Gasteiger partial charge on any atom is 0.219 e. The van der Waals surface area contributed by atoms with E-state index in [0.717, 1.165) is 27.5 Å². The van der Waals surface area contributed by atoms with E-state index in [9.17, 15) is 4.79 Å². The first-order chi connectivity index (χ1) is 12.6. The average molecular weight is 365 g/mol. The summed E-state index contributed by atoms with van der Waals surface area (Å²) >= 11 is 1.69. The van der Waals surface area contributed by atoms with E-state index in [1.54, 1.807) is 23.2 Å². The van der Waals surface area contributed by atoms with E-state index in [1.807, 2.05) is 25.1 Å². The number of fused-ring (bicyclic) bond motifs is 3. The summed E-state index contributed by atoms with van der Waals surface area (Å²) in [4.78, 5) is 27.1. The molecule has 3 aromatic heterocycles. The van der Waals surface area contributed by atoms with E-state index >= 15 is 0 Å². The quantitative estimate of drug-likeness (QED) is 0.576. The molecule has 1 aromatic carbocycles. The molecule has 0 atom stereocenters. The molecule has 3 heterocycles. The molecule has 26 heavy (non-hydrogen) atoms. The van der Waals surface area contributed by atoms with Crippen molar-refractivity contribution in [1.82, 2.24) is 19.9 Å². The highest BCUT2D eigenvalue weighted by Crippen LogP contribution is 2.31. The van der Waals surface area contributed by atoms with Crippen LogP contribution in [0.2, 0.25) is 0 Å². The normalized spacial score (nSPS) is 11.3. The predicted molar refractivity (Wildman–Crippen MR) is 106 cm³/mol. The van der Waals surface area contributed by atoms with Crippen LogP contribution in [0.15, 0.2) is 35.7 Å². The van der Waals surface area contributed by atoms with Crippen LogP contribution in [0, 0.1) is 0 Å². The minimum Gasteiger partial charge on any atom is -0.382 e. The second kappa shape index (κ2) is 6.42. The van der Waals surface area contributed by atoms with Crippen molar-refractivity contribution in [3.05, 3.63) is 41.5 Å². The van der Waals surface area contributed by atoms with Crippen LogP contribution in [0.4, 0.5) is 5.82 Å². The molecular weight excluding hydrogens is 346 g/mol. The van der Waals surface area contributed by atoms with E-state index in [0.29, 0.717) is 24.7 Å². The molecule has 4 rings (SSSR count). The fourth-order valence-corrected chi connectivity index (χ4v) is 3.83. The number of carbonyl (C=O) groups is 1. The molecule has 0 fully saturated rings. The van der Waals surface area contributed by atoms with Gasteiger partial charge in [0.05, 0.1) is 12.1 Å². The second-order valence-electron chi connectivity index (χ2n) is 6.15. The molecule has 132 valence electrons. The number of amides is 1. The molecule has 0 aliphatic heterocycles. The van der Waals surface area contributed by atoms with Crippen LogP contribution in [0.25, 0.3) is 32.4 Å². The zero-order valence-electron chi connectivity index (χ0n) is 14.6. The van der Waals surface area contributed by atoms with Crippen molar-refractivity contribution in [3.8, 4) is 10.4 Å².